The Balaban J connectivity index is 1.38. The van der Waals surface area contributed by atoms with Crippen LogP contribution < -0.4 is 5.32 Å². The van der Waals surface area contributed by atoms with Gasteiger partial charge in [-0.2, -0.15) is 13.2 Å². The lowest BCUT2D eigenvalue weighted by molar-refractivity contribution is -0.138. The van der Waals surface area contributed by atoms with Gasteiger partial charge in [0.05, 0.1) is 22.5 Å². The standard InChI is InChI=1S/C24H18F3N5O2S/c1-14-4-5-16(9-17(14)24(25,26)27)32-23(34)21-12-29-22(35-21)7-6-20(33)19-10-18(30-13-31-19)15-3-2-8-28-11-15/h2-5,8-13H,6-7H2,1H3,(H,32,34). The molecule has 0 spiro atoms. The molecule has 35 heavy (non-hydrogen) atoms. The number of nitrogens with zero attached hydrogens (tertiary/aromatic N) is 4. The first-order valence-corrected chi connectivity index (χ1v) is 11.2. The van der Waals surface area contributed by atoms with Gasteiger partial charge in [-0.1, -0.05) is 6.07 Å². The molecule has 0 aliphatic carbocycles. The Bertz CT molecular complexity index is 1370. The van der Waals surface area contributed by atoms with Crippen molar-refractivity contribution in [2.75, 3.05) is 5.32 Å². The zero-order valence-corrected chi connectivity index (χ0v) is 19.2. The van der Waals surface area contributed by atoms with Crippen LogP contribution in [0.3, 0.4) is 0 Å². The molecule has 0 atom stereocenters. The van der Waals surface area contributed by atoms with Crippen molar-refractivity contribution in [2.45, 2.75) is 25.9 Å². The van der Waals surface area contributed by atoms with Crippen molar-refractivity contribution in [3.63, 3.8) is 0 Å². The third-order valence-electron chi connectivity index (χ3n) is 5.05. The monoisotopic (exact) mass is 497 g/mol. The Kier molecular flexibility index (Phi) is 6.97. The van der Waals surface area contributed by atoms with Gasteiger partial charge in [0.25, 0.3) is 5.91 Å². The second kappa shape index (κ2) is 10.1. The van der Waals surface area contributed by atoms with E-state index in [9.17, 15) is 22.8 Å². The van der Waals surface area contributed by atoms with Crippen LogP contribution in [0.2, 0.25) is 0 Å². The molecule has 3 aromatic heterocycles. The topological polar surface area (TPSA) is 97.7 Å². The first-order valence-electron chi connectivity index (χ1n) is 10.4. The van der Waals surface area contributed by atoms with Crippen molar-refractivity contribution in [1.29, 1.82) is 0 Å². The number of halogens is 3. The number of anilines is 1. The van der Waals surface area contributed by atoms with Crippen LogP contribution >= 0.6 is 11.3 Å². The Hall–Kier alpha value is -3.99. The lowest BCUT2D eigenvalue weighted by atomic mass is 10.1. The number of Topliss-reactive ketones (excluding diaryl/α,β-unsaturated/α-hetero) is 1. The first-order chi connectivity index (χ1) is 16.7. The molecule has 7 nitrogen and oxygen atoms in total. The van der Waals surface area contributed by atoms with E-state index in [1.54, 1.807) is 24.5 Å². The molecule has 1 N–H and O–H groups in total. The summed E-state index contributed by atoms with van der Waals surface area (Å²) < 4.78 is 39.3. The molecule has 0 saturated heterocycles. The summed E-state index contributed by atoms with van der Waals surface area (Å²) in [7, 11) is 0. The van der Waals surface area contributed by atoms with E-state index in [1.807, 2.05) is 6.07 Å². The van der Waals surface area contributed by atoms with Crippen LogP contribution in [-0.4, -0.2) is 31.6 Å². The highest BCUT2D eigenvalue weighted by molar-refractivity contribution is 7.13. The largest absolute Gasteiger partial charge is 0.416 e. The predicted octanol–water partition coefficient (Wildman–Crippen LogP) is 5.39. The van der Waals surface area contributed by atoms with Gasteiger partial charge in [0, 0.05) is 36.5 Å². The second-order valence-corrected chi connectivity index (χ2v) is 8.67. The quantitative estimate of drug-likeness (QED) is 0.344. The zero-order chi connectivity index (χ0) is 25.0. The number of aryl methyl sites for hydroxylation is 2. The van der Waals surface area contributed by atoms with Crippen molar-refractivity contribution in [3.05, 3.63) is 88.0 Å². The van der Waals surface area contributed by atoms with Gasteiger partial charge in [-0.25, -0.2) is 15.0 Å². The molecular weight excluding hydrogens is 479 g/mol. The van der Waals surface area contributed by atoms with Crippen LogP contribution in [0.4, 0.5) is 18.9 Å². The third-order valence-corrected chi connectivity index (χ3v) is 6.11. The van der Waals surface area contributed by atoms with Gasteiger partial charge in [0.2, 0.25) is 0 Å². The molecule has 0 aliphatic rings. The first kappa shape index (κ1) is 24.1. The van der Waals surface area contributed by atoms with Gasteiger partial charge in [0.1, 0.15) is 16.9 Å². The Morgan fingerprint density at radius 1 is 1.06 bits per heavy atom. The minimum Gasteiger partial charge on any atom is -0.321 e. The number of hydrogen-bond acceptors (Lipinski definition) is 7. The summed E-state index contributed by atoms with van der Waals surface area (Å²) in [4.78, 5) is 41.8. The van der Waals surface area contributed by atoms with E-state index in [0.29, 0.717) is 10.7 Å². The zero-order valence-electron chi connectivity index (χ0n) is 18.3. The van der Waals surface area contributed by atoms with Gasteiger partial charge < -0.3 is 5.32 Å². The highest BCUT2D eigenvalue weighted by Gasteiger charge is 2.32. The van der Waals surface area contributed by atoms with E-state index in [-0.39, 0.29) is 40.4 Å². The molecule has 4 rings (SSSR count). The minimum atomic E-state index is -4.52. The molecular formula is C24H18F3N5O2S. The predicted molar refractivity (Wildman–Crippen MR) is 124 cm³/mol. The smallest absolute Gasteiger partial charge is 0.321 e. The highest BCUT2D eigenvalue weighted by atomic mass is 32.1. The molecule has 0 unspecified atom stereocenters. The van der Waals surface area contributed by atoms with E-state index in [1.165, 1.54) is 31.6 Å². The molecule has 4 aromatic rings. The van der Waals surface area contributed by atoms with Crippen molar-refractivity contribution >= 4 is 28.7 Å². The van der Waals surface area contributed by atoms with Crippen LogP contribution in [0.25, 0.3) is 11.3 Å². The van der Waals surface area contributed by atoms with Crippen molar-refractivity contribution in [2.24, 2.45) is 0 Å². The fourth-order valence-electron chi connectivity index (χ4n) is 3.26. The molecule has 178 valence electrons. The summed E-state index contributed by atoms with van der Waals surface area (Å²) >= 11 is 1.07. The summed E-state index contributed by atoms with van der Waals surface area (Å²) in [6, 6.07) is 8.79. The summed E-state index contributed by atoms with van der Waals surface area (Å²) in [6.07, 6.45) is 1.81. The summed E-state index contributed by atoms with van der Waals surface area (Å²) in [6.45, 7) is 1.35. The van der Waals surface area contributed by atoms with Gasteiger partial charge in [-0.15, -0.1) is 11.3 Å². The number of pyridine rings is 1. The Labute approximate surface area is 202 Å². The molecule has 3 heterocycles. The fraction of sp³-hybridized carbons (Fsp3) is 0.167. The molecule has 0 aliphatic heterocycles. The van der Waals surface area contributed by atoms with Crippen LogP contribution in [0.1, 0.15) is 42.7 Å². The second-order valence-electron chi connectivity index (χ2n) is 7.55. The number of benzene rings is 1. The fourth-order valence-corrected chi connectivity index (χ4v) is 4.07. The maximum Gasteiger partial charge on any atom is 0.416 e. The van der Waals surface area contributed by atoms with E-state index in [2.05, 4.69) is 25.3 Å². The van der Waals surface area contributed by atoms with Crippen molar-refractivity contribution in [3.8, 4) is 11.3 Å². The normalized spacial score (nSPS) is 11.3. The number of aromatic nitrogens is 4. The van der Waals surface area contributed by atoms with Crippen molar-refractivity contribution < 1.29 is 22.8 Å². The van der Waals surface area contributed by atoms with Crippen molar-refractivity contribution in [1.82, 2.24) is 19.9 Å². The number of ketones is 1. The Morgan fingerprint density at radius 3 is 2.63 bits per heavy atom. The van der Waals surface area contributed by atoms with E-state index < -0.39 is 17.6 Å². The number of alkyl halides is 3. The van der Waals surface area contributed by atoms with Crippen LogP contribution in [-0.2, 0) is 12.6 Å². The number of carbonyl (C=O) groups is 2. The number of carbonyl (C=O) groups excluding carboxylic acids is 2. The minimum absolute atomic E-state index is 0.0336. The molecule has 0 saturated carbocycles. The van der Waals surface area contributed by atoms with E-state index >= 15 is 0 Å². The van der Waals surface area contributed by atoms with Gasteiger partial charge >= 0.3 is 6.18 Å². The number of hydrogen-bond donors (Lipinski definition) is 1. The van der Waals surface area contributed by atoms with Crippen LogP contribution in [0.5, 0.6) is 0 Å². The molecule has 0 radical (unpaired) electrons. The van der Waals surface area contributed by atoms with Gasteiger partial charge in [0.15, 0.2) is 5.78 Å². The molecule has 11 heteroatoms. The number of rotatable bonds is 7. The summed E-state index contributed by atoms with van der Waals surface area (Å²) in [5.74, 6) is -0.785. The van der Waals surface area contributed by atoms with Gasteiger partial charge in [-0.3, -0.25) is 14.6 Å². The molecule has 1 amide bonds. The molecule has 0 bridgehead atoms. The van der Waals surface area contributed by atoms with E-state index in [4.69, 9.17) is 0 Å². The number of amides is 1. The number of thiazole rings is 1. The maximum absolute atomic E-state index is 13.1. The summed E-state index contributed by atoms with van der Waals surface area (Å²) in [5.41, 5.74) is 0.885. The lowest BCUT2D eigenvalue weighted by Crippen LogP contribution is -2.13. The average Bonchev–Trinajstić information content (AvgIpc) is 3.33. The SMILES string of the molecule is Cc1ccc(NC(=O)c2cnc(CCC(=O)c3cc(-c4cccnc4)ncn3)s2)cc1C(F)(F)F. The average molecular weight is 498 g/mol. The van der Waals surface area contributed by atoms with E-state index in [0.717, 1.165) is 23.0 Å². The Morgan fingerprint density at radius 2 is 1.89 bits per heavy atom. The third kappa shape index (κ3) is 5.93. The lowest BCUT2D eigenvalue weighted by Gasteiger charge is -2.12. The number of nitrogens with one attached hydrogen (secondary N) is 1. The molecule has 1 aromatic carbocycles. The van der Waals surface area contributed by atoms with Crippen LogP contribution in [0, 0.1) is 6.92 Å². The van der Waals surface area contributed by atoms with Gasteiger partial charge in [-0.05, 0) is 42.8 Å². The van der Waals surface area contributed by atoms with Crippen LogP contribution in [0.15, 0.2) is 61.3 Å². The summed E-state index contributed by atoms with van der Waals surface area (Å²) in [5, 5.41) is 3.01. The highest BCUT2D eigenvalue weighted by Crippen LogP contribution is 2.33. The maximum atomic E-state index is 13.1. The molecule has 0 fully saturated rings.